The number of furan rings is 1. The molecule has 2 nitrogen and oxygen atoms in total. The van der Waals surface area contributed by atoms with Crippen LogP contribution in [0.1, 0.15) is 24.3 Å². The second kappa shape index (κ2) is 2.28. The topological polar surface area (TPSA) is 33.4 Å². The summed E-state index contributed by atoms with van der Waals surface area (Å²) in [6.45, 7) is 0. The molecule has 0 saturated heterocycles. The fourth-order valence-electron chi connectivity index (χ4n) is 1.76. The van der Waals surface area contributed by atoms with Crippen molar-refractivity contribution in [3.63, 3.8) is 0 Å². The molecule has 1 fully saturated rings. The smallest absolute Gasteiger partial charge is 0.175 e. The van der Waals surface area contributed by atoms with E-state index in [4.69, 9.17) is 4.42 Å². The zero-order chi connectivity index (χ0) is 8.84. The van der Waals surface area contributed by atoms with Gasteiger partial charge in [0.25, 0.3) is 0 Å². The first-order chi connectivity index (χ1) is 6.36. The van der Waals surface area contributed by atoms with Gasteiger partial charge in [0.2, 0.25) is 0 Å². The minimum absolute atomic E-state index is 0.338. The van der Waals surface area contributed by atoms with Crippen LogP contribution in [-0.4, -0.2) is 5.11 Å². The third kappa shape index (κ3) is 0.949. The summed E-state index contributed by atoms with van der Waals surface area (Å²) in [6.07, 6.45) is 4.00. The molecule has 1 aromatic carbocycles. The highest BCUT2D eigenvalue weighted by atomic mass is 16.3. The predicted molar refractivity (Wildman–Crippen MR) is 49.9 cm³/mol. The largest absolute Gasteiger partial charge is 0.504 e. The van der Waals surface area contributed by atoms with Crippen LogP contribution >= 0.6 is 0 Å². The zero-order valence-electron chi connectivity index (χ0n) is 7.16. The molecule has 0 atom stereocenters. The van der Waals surface area contributed by atoms with Crippen LogP contribution in [0.3, 0.4) is 0 Å². The Kier molecular flexibility index (Phi) is 1.23. The maximum Gasteiger partial charge on any atom is 0.175 e. The lowest BCUT2D eigenvalue weighted by atomic mass is 10.1. The van der Waals surface area contributed by atoms with Crippen LogP contribution in [0, 0.1) is 0 Å². The van der Waals surface area contributed by atoms with Crippen molar-refractivity contribution in [1.82, 2.24) is 0 Å². The van der Waals surface area contributed by atoms with E-state index in [1.807, 2.05) is 18.2 Å². The fourth-order valence-corrected chi connectivity index (χ4v) is 1.76. The van der Waals surface area contributed by atoms with E-state index in [2.05, 4.69) is 0 Å². The van der Waals surface area contributed by atoms with Gasteiger partial charge in [-0.1, -0.05) is 12.1 Å². The van der Waals surface area contributed by atoms with Gasteiger partial charge in [-0.2, -0.15) is 0 Å². The first-order valence-corrected chi connectivity index (χ1v) is 4.55. The summed E-state index contributed by atoms with van der Waals surface area (Å²) < 4.78 is 5.22. The standard InChI is InChI=1S/C11H10O2/c12-10-9(7-1-2-7)4-3-8-5-6-13-11(8)10/h3-7,12H,1-2H2. The molecule has 1 heterocycles. The van der Waals surface area contributed by atoms with Gasteiger partial charge in [-0.25, -0.2) is 0 Å². The van der Waals surface area contributed by atoms with Gasteiger partial charge in [0, 0.05) is 10.9 Å². The highest BCUT2D eigenvalue weighted by molar-refractivity contribution is 5.84. The fraction of sp³-hybridized carbons (Fsp3) is 0.273. The van der Waals surface area contributed by atoms with E-state index in [1.54, 1.807) is 6.26 Å². The van der Waals surface area contributed by atoms with E-state index in [0.717, 1.165) is 10.9 Å². The maximum absolute atomic E-state index is 9.86. The van der Waals surface area contributed by atoms with Gasteiger partial charge in [-0.3, -0.25) is 0 Å². The molecule has 2 heteroatoms. The van der Waals surface area contributed by atoms with Crippen molar-refractivity contribution in [3.8, 4) is 5.75 Å². The lowest BCUT2D eigenvalue weighted by molar-refractivity contribution is 0.458. The number of phenolic OH excluding ortho intramolecular Hbond substituents is 1. The summed E-state index contributed by atoms with van der Waals surface area (Å²) in [5.74, 6) is 0.902. The number of rotatable bonds is 1. The Morgan fingerprint density at radius 3 is 2.85 bits per heavy atom. The van der Waals surface area contributed by atoms with E-state index in [9.17, 15) is 5.11 Å². The van der Waals surface area contributed by atoms with Gasteiger partial charge >= 0.3 is 0 Å². The number of fused-ring (bicyclic) bond motifs is 1. The van der Waals surface area contributed by atoms with E-state index in [0.29, 0.717) is 17.3 Å². The van der Waals surface area contributed by atoms with Crippen LogP contribution in [0.25, 0.3) is 11.0 Å². The normalized spacial score (nSPS) is 16.6. The molecule has 0 spiro atoms. The van der Waals surface area contributed by atoms with Gasteiger partial charge in [0.1, 0.15) is 0 Å². The van der Waals surface area contributed by atoms with Crippen LogP contribution in [0.15, 0.2) is 28.9 Å². The lowest BCUT2D eigenvalue weighted by Crippen LogP contribution is -1.80. The van der Waals surface area contributed by atoms with Crippen molar-refractivity contribution in [2.45, 2.75) is 18.8 Å². The van der Waals surface area contributed by atoms with Crippen molar-refractivity contribution in [3.05, 3.63) is 30.0 Å². The molecule has 0 bridgehead atoms. The molecule has 0 radical (unpaired) electrons. The predicted octanol–water partition coefficient (Wildman–Crippen LogP) is 3.02. The Morgan fingerprint density at radius 1 is 1.23 bits per heavy atom. The third-order valence-corrected chi connectivity index (χ3v) is 2.64. The minimum atomic E-state index is 0.338. The molecule has 66 valence electrons. The van der Waals surface area contributed by atoms with Crippen LogP contribution in [-0.2, 0) is 0 Å². The molecule has 1 saturated carbocycles. The van der Waals surface area contributed by atoms with Crippen LogP contribution < -0.4 is 0 Å². The number of benzene rings is 1. The van der Waals surface area contributed by atoms with Crippen molar-refractivity contribution in [2.24, 2.45) is 0 Å². The SMILES string of the molecule is Oc1c(C2CC2)ccc2ccoc12. The van der Waals surface area contributed by atoms with Crippen LogP contribution in [0.5, 0.6) is 5.75 Å². The molecular formula is C11H10O2. The molecule has 1 N–H and O–H groups in total. The molecule has 2 aromatic rings. The highest BCUT2D eigenvalue weighted by Gasteiger charge is 2.27. The second-order valence-corrected chi connectivity index (χ2v) is 3.62. The molecule has 0 unspecified atom stereocenters. The van der Waals surface area contributed by atoms with Crippen molar-refractivity contribution >= 4 is 11.0 Å². The monoisotopic (exact) mass is 174 g/mol. The van der Waals surface area contributed by atoms with E-state index in [1.165, 1.54) is 12.8 Å². The average Bonchev–Trinajstić information content (AvgIpc) is 2.83. The van der Waals surface area contributed by atoms with Gasteiger partial charge < -0.3 is 9.52 Å². The molecule has 1 aromatic heterocycles. The number of hydrogen-bond acceptors (Lipinski definition) is 2. The van der Waals surface area contributed by atoms with Crippen molar-refractivity contribution < 1.29 is 9.52 Å². The molecule has 0 amide bonds. The Labute approximate surface area is 75.8 Å². The van der Waals surface area contributed by atoms with Gasteiger partial charge in [0.15, 0.2) is 11.3 Å². The summed E-state index contributed by atoms with van der Waals surface area (Å²) in [4.78, 5) is 0. The number of aromatic hydroxyl groups is 1. The molecule has 1 aliphatic rings. The van der Waals surface area contributed by atoms with Gasteiger partial charge in [-0.05, 0) is 24.8 Å². The van der Waals surface area contributed by atoms with E-state index >= 15 is 0 Å². The highest BCUT2D eigenvalue weighted by Crippen LogP contribution is 2.46. The summed E-state index contributed by atoms with van der Waals surface area (Å²) in [7, 11) is 0. The third-order valence-electron chi connectivity index (χ3n) is 2.64. The summed E-state index contributed by atoms with van der Waals surface area (Å²) in [6, 6.07) is 5.88. The van der Waals surface area contributed by atoms with Crippen molar-refractivity contribution in [1.29, 1.82) is 0 Å². The number of hydrogen-bond donors (Lipinski definition) is 1. The maximum atomic E-state index is 9.86. The first-order valence-electron chi connectivity index (χ1n) is 4.55. The second-order valence-electron chi connectivity index (χ2n) is 3.62. The Morgan fingerprint density at radius 2 is 2.08 bits per heavy atom. The minimum Gasteiger partial charge on any atom is -0.504 e. The zero-order valence-corrected chi connectivity index (χ0v) is 7.16. The Hall–Kier alpha value is -1.44. The quantitative estimate of drug-likeness (QED) is 0.720. The van der Waals surface area contributed by atoms with E-state index in [-0.39, 0.29) is 0 Å². The molecule has 0 aliphatic heterocycles. The van der Waals surface area contributed by atoms with Crippen LogP contribution in [0.4, 0.5) is 0 Å². The molecule has 13 heavy (non-hydrogen) atoms. The average molecular weight is 174 g/mol. The lowest BCUT2D eigenvalue weighted by Gasteiger charge is -2.01. The van der Waals surface area contributed by atoms with Gasteiger partial charge in [-0.15, -0.1) is 0 Å². The molecule has 3 rings (SSSR count). The van der Waals surface area contributed by atoms with Gasteiger partial charge in [0.05, 0.1) is 6.26 Å². The summed E-state index contributed by atoms with van der Waals surface area (Å²) >= 11 is 0. The Bertz CT molecular complexity index is 452. The summed E-state index contributed by atoms with van der Waals surface area (Å²) in [5.41, 5.74) is 1.67. The van der Waals surface area contributed by atoms with Crippen LogP contribution in [0.2, 0.25) is 0 Å². The first kappa shape index (κ1) is 7.01. The molecule has 1 aliphatic carbocycles. The molecular weight excluding hydrogens is 164 g/mol. The van der Waals surface area contributed by atoms with E-state index < -0.39 is 0 Å². The number of phenols is 1. The Balaban J connectivity index is 2.30. The summed E-state index contributed by atoms with van der Waals surface area (Å²) in [5, 5.41) is 10.8. The van der Waals surface area contributed by atoms with Crippen molar-refractivity contribution in [2.75, 3.05) is 0 Å².